The molecule has 2 amide bonds. The van der Waals surface area contributed by atoms with Crippen LogP contribution >= 0.6 is 0 Å². The molecule has 0 bridgehead atoms. The number of aliphatic hydroxyl groups excluding tert-OH is 1. The minimum absolute atomic E-state index is 0.00479. The number of ether oxygens (including phenoxy) is 2. The summed E-state index contributed by atoms with van der Waals surface area (Å²) in [5.41, 5.74) is 0.679. The third kappa shape index (κ3) is 3.32. The number of amides is 2. The van der Waals surface area contributed by atoms with Crippen LogP contribution in [-0.4, -0.2) is 60.8 Å². The number of rotatable bonds is 7. The second kappa shape index (κ2) is 7.15. The Balaban J connectivity index is 2.11. The topological polar surface area (TPSA) is 93.1 Å². The molecule has 1 unspecified atom stereocenters. The molecule has 1 aromatic rings. The standard InChI is InChI=1S/C15H17NO6/c1-21-13(18)8-10(22-7-6-17)9-16-14(19)11-4-2-3-5-12(11)15(16)20/h2-5,10,17H,6-9H2,1H3. The summed E-state index contributed by atoms with van der Waals surface area (Å²) in [6.07, 6.45) is -0.828. The molecular formula is C15H17NO6. The van der Waals surface area contributed by atoms with E-state index in [0.29, 0.717) is 11.1 Å². The van der Waals surface area contributed by atoms with E-state index in [1.807, 2.05) is 0 Å². The second-order valence-electron chi connectivity index (χ2n) is 4.76. The van der Waals surface area contributed by atoms with Crippen LogP contribution in [0.15, 0.2) is 24.3 Å². The van der Waals surface area contributed by atoms with Crippen LogP contribution in [0, 0.1) is 0 Å². The molecular weight excluding hydrogens is 290 g/mol. The van der Waals surface area contributed by atoms with Gasteiger partial charge in [-0.15, -0.1) is 0 Å². The predicted molar refractivity (Wildman–Crippen MR) is 75.3 cm³/mol. The minimum atomic E-state index is -0.721. The van der Waals surface area contributed by atoms with Crippen LogP contribution < -0.4 is 0 Å². The lowest BCUT2D eigenvalue weighted by atomic mass is 10.1. The van der Waals surface area contributed by atoms with E-state index >= 15 is 0 Å². The molecule has 118 valence electrons. The monoisotopic (exact) mass is 307 g/mol. The molecule has 2 rings (SSSR count). The number of carbonyl (C=O) groups is 3. The molecule has 7 heteroatoms. The summed E-state index contributed by atoms with van der Waals surface area (Å²) in [7, 11) is 1.24. The zero-order valence-electron chi connectivity index (χ0n) is 12.2. The Labute approximate surface area is 127 Å². The summed E-state index contributed by atoms with van der Waals surface area (Å²) >= 11 is 0. The number of benzene rings is 1. The fraction of sp³-hybridized carbons (Fsp3) is 0.400. The van der Waals surface area contributed by atoms with Gasteiger partial charge in [-0.1, -0.05) is 12.1 Å². The van der Waals surface area contributed by atoms with Gasteiger partial charge in [-0.05, 0) is 12.1 Å². The Bertz CT molecular complexity index is 550. The van der Waals surface area contributed by atoms with E-state index in [2.05, 4.69) is 4.74 Å². The van der Waals surface area contributed by atoms with E-state index in [4.69, 9.17) is 9.84 Å². The summed E-state index contributed by atoms with van der Waals surface area (Å²) in [5, 5.41) is 8.82. The van der Waals surface area contributed by atoms with Crippen LogP contribution in [0.5, 0.6) is 0 Å². The quantitative estimate of drug-likeness (QED) is 0.572. The molecule has 0 radical (unpaired) electrons. The number of carbonyl (C=O) groups excluding carboxylic acids is 3. The zero-order chi connectivity index (χ0) is 16.1. The van der Waals surface area contributed by atoms with E-state index < -0.39 is 23.9 Å². The highest BCUT2D eigenvalue weighted by Crippen LogP contribution is 2.23. The first kappa shape index (κ1) is 16.1. The number of esters is 1. The van der Waals surface area contributed by atoms with Gasteiger partial charge in [-0.3, -0.25) is 19.3 Å². The van der Waals surface area contributed by atoms with Gasteiger partial charge >= 0.3 is 5.97 Å². The first-order valence-corrected chi connectivity index (χ1v) is 6.83. The molecule has 7 nitrogen and oxygen atoms in total. The van der Waals surface area contributed by atoms with Crippen molar-refractivity contribution in [3.8, 4) is 0 Å². The van der Waals surface area contributed by atoms with E-state index in [-0.39, 0.29) is 26.2 Å². The third-order valence-corrected chi connectivity index (χ3v) is 3.33. The molecule has 1 aliphatic heterocycles. The molecule has 1 N–H and O–H groups in total. The van der Waals surface area contributed by atoms with Crippen molar-refractivity contribution in [1.29, 1.82) is 0 Å². The van der Waals surface area contributed by atoms with Gasteiger partial charge < -0.3 is 14.6 Å². The fourth-order valence-electron chi connectivity index (χ4n) is 2.27. The van der Waals surface area contributed by atoms with E-state index in [0.717, 1.165) is 4.90 Å². The van der Waals surface area contributed by atoms with Gasteiger partial charge in [-0.2, -0.15) is 0 Å². The maximum Gasteiger partial charge on any atom is 0.308 e. The van der Waals surface area contributed by atoms with Crippen molar-refractivity contribution in [3.05, 3.63) is 35.4 Å². The second-order valence-corrected chi connectivity index (χ2v) is 4.76. The molecule has 0 spiro atoms. The van der Waals surface area contributed by atoms with Gasteiger partial charge in [0, 0.05) is 0 Å². The minimum Gasteiger partial charge on any atom is -0.469 e. The third-order valence-electron chi connectivity index (χ3n) is 3.33. The Hall–Kier alpha value is -2.25. The first-order chi connectivity index (χ1) is 10.6. The highest BCUT2D eigenvalue weighted by molar-refractivity contribution is 6.21. The smallest absolute Gasteiger partial charge is 0.308 e. The number of hydrogen-bond acceptors (Lipinski definition) is 6. The number of nitrogens with zero attached hydrogens (tertiary/aromatic N) is 1. The maximum absolute atomic E-state index is 12.3. The van der Waals surface area contributed by atoms with E-state index in [1.54, 1.807) is 24.3 Å². The highest BCUT2D eigenvalue weighted by Gasteiger charge is 2.36. The first-order valence-electron chi connectivity index (χ1n) is 6.83. The molecule has 1 atom stereocenters. The lowest BCUT2D eigenvalue weighted by molar-refractivity contribution is -0.144. The summed E-state index contributed by atoms with van der Waals surface area (Å²) in [6, 6.07) is 6.53. The van der Waals surface area contributed by atoms with Crippen molar-refractivity contribution < 1.29 is 29.0 Å². The van der Waals surface area contributed by atoms with E-state index in [1.165, 1.54) is 7.11 Å². The summed E-state index contributed by atoms with van der Waals surface area (Å²) in [4.78, 5) is 37.0. The van der Waals surface area contributed by atoms with Gasteiger partial charge in [0.05, 0.1) is 50.5 Å². The lowest BCUT2D eigenvalue weighted by Crippen LogP contribution is -2.39. The summed E-state index contributed by atoms with van der Waals surface area (Å²) in [5.74, 6) is -1.34. The number of fused-ring (bicyclic) bond motifs is 1. The van der Waals surface area contributed by atoms with Crippen molar-refractivity contribution in [1.82, 2.24) is 4.90 Å². The molecule has 1 aliphatic rings. The largest absolute Gasteiger partial charge is 0.469 e. The van der Waals surface area contributed by atoms with Gasteiger partial charge in [0.15, 0.2) is 0 Å². The number of methoxy groups -OCH3 is 1. The van der Waals surface area contributed by atoms with Gasteiger partial charge in [0.2, 0.25) is 0 Å². The Morgan fingerprint density at radius 1 is 1.23 bits per heavy atom. The molecule has 0 aliphatic carbocycles. The van der Waals surface area contributed by atoms with Crippen LogP contribution in [0.2, 0.25) is 0 Å². The Kier molecular flexibility index (Phi) is 5.24. The molecule has 22 heavy (non-hydrogen) atoms. The highest BCUT2D eigenvalue weighted by atomic mass is 16.5. The van der Waals surface area contributed by atoms with Crippen molar-refractivity contribution in [3.63, 3.8) is 0 Å². The molecule has 0 saturated carbocycles. The number of hydrogen-bond donors (Lipinski definition) is 1. The van der Waals surface area contributed by atoms with Gasteiger partial charge in [-0.25, -0.2) is 0 Å². The normalized spacial score (nSPS) is 14.9. The van der Waals surface area contributed by atoms with Crippen molar-refractivity contribution in [2.75, 3.05) is 26.9 Å². The predicted octanol–water partition coefficient (Wildman–Crippen LogP) is 0.223. The van der Waals surface area contributed by atoms with Crippen molar-refractivity contribution in [2.24, 2.45) is 0 Å². The summed E-state index contributed by atoms with van der Waals surface area (Å²) < 4.78 is 9.90. The van der Waals surface area contributed by atoms with Crippen molar-refractivity contribution >= 4 is 17.8 Å². The van der Waals surface area contributed by atoms with Gasteiger partial charge in [0.25, 0.3) is 11.8 Å². The zero-order valence-corrected chi connectivity index (χ0v) is 12.2. The average molecular weight is 307 g/mol. The van der Waals surface area contributed by atoms with Crippen LogP contribution in [0.3, 0.4) is 0 Å². The molecule has 0 fully saturated rings. The van der Waals surface area contributed by atoms with Crippen molar-refractivity contribution in [2.45, 2.75) is 12.5 Å². The fourth-order valence-corrected chi connectivity index (χ4v) is 2.27. The van der Waals surface area contributed by atoms with Crippen LogP contribution in [0.25, 0.3) is 0 Å². The van der Waals surface area contributed by atoms with Crippen LogP contribution in [0.1, 0.15) is 27.1 Å². The Morgan fingerprint density at radius 3 is 2.32 bits per heavy atom. The average Bonchev–Trinajstić information content (AvgIpc) is 2.77. The Morgan fingerprint density at radius 2 is 1.82 bits per heavy atom. The molecule has 0 aromatic heterocycles. The molecule has 1 aromatic carbocycles. The number of aliphatic hydroxyl groups is 1. The van der Waals surface area contributed by atoms with Crippen LogP contribution in [-0.2, 0) is 14.3 Å². The number of imide groups is 1. The van der Waals surface area contributed by atoms with Gasteiger partial charge in [0.1, 0.15) is 0 Å². The molecule has 0 saturated heterocycles. The van der Waals surface area contributed by atoms with Crippen LogP contribution in [0.4, 0.5) is 0 Å². The maximum atomic E-state index is 12.3. The van der Waals surface area contributed by atoms with E-state index in [9.17, 15) is 14.4 Å². The lowest BCUT2D eigenvalue weighted by Gasteiger charge is -2.22. The summed E-state index contributed by atoms with van der Waals surface area (Å²) in [6.45, 7) is -0.286. The molecule has 1 heterocycles. The SMILES string of the molecule is COC(=O)CC(CN1C(=O)c2ccccc2C1=O)OCCO.